The predicted octanol–water partition coefficient (Wildman–Crippen LogP) is 4.00. The summed E-state index contributed by atoms with van der Waals surface area (Å²) in [6.45, 7) is 2.26. The third kappa shape index (κ3) is 2.78. The molecule has 0 radical (unpaired) electrons. The zero-order valence-electron chi connectivity index (χ0n) is 11.9. The predicted molar refractivity (Wildman–Crippen MR) is 88.6 cm³/mol. The SMILES string of the molecule is CNC(c1cc2c(s1)CCSC2)C(C)c1ccccn1. The van der Waals surface area contributed by atoms with E-state index in [1.807, 2.05) is 35.4 Å². The number of nitrogens with zero attached hydrogens (tertiary/aromatic N) is 1. The molecule has 0 fully saturated rings. The summed E-state index contributed by atoms with van der Waals surface area (Å²) in [7, 11) is 2.05. The zero-order valence-corrected chi connectivity index (χ0v) is 13.6. The molecule has 1 aliphatic rings. The van der Waals surface area contributed by atoms with Gasteiger partial charge in [0.15, 0.2) is 0 Å². The number of aryl methyl sites for hydroxylation is 1. The number of pyridine rings is 1. The number of rotatable bonds is 4. The number of nitrogens with one attached hydrogen (secondary N) is 1. The smallest absolute Gasteiger partial charge is 0.0494 e. The lowest BCUT2D eigenvalue weighted by Gasteiger charge is -2.22. The van der Waals surface area contributed by atoms with Crippen molar-refractivity contribution in [1.82, 2.24) is 10.3 Å². The molecule has 2 atom stereocenters. The topological polar surface area (TPSA) is 24.9 Å². The number of hydrogen-bond acceptors (Lipinski definition) is 4. The molecule has 2 nitrogen and oxygen atoms in total. The van der Waals surface area contributed by atoms with Crippen LogP contribution in [0, 0.1) is 0 Å². The lowest BCUT2D eigenvalue weighted by atomic mass is 9.96. The van der Waals surface area contributed by atoms with Gasteiger partial charge in [0.2, 0.25) is 0 Å². The Hall–Kier alpha value is -0.840. The summed E-state index contributed by atoms with van der Waals surface area (Å²) in [5, 5.41) is 3.49. The van der Waals surface area contributed by atoms with Gasteiger partial charge < -0.3 is 5.32 Å². The molecule has 2 aromatic heterocycles. The van der Waals surface area contributed by atoms with Crippen molar-refractivity contribution >= 4 is 23.1 Å². The van der Waals surface area contributed by atoms with Gasteiger partial charge in [-0.3, -0.25) is 4.98 Å². The summed E-state index contributed by atoms with van der Waals surface area (Å²) in [6.07, 6.45) is 3.12. The minimum atomic E-state index is 0.352. The second-order valence-corrected chi connectivity index (χ2v) is 7.48. The van der Waals surface area contributed by atoms with Gasteiger partial charge >= 0.3 is 0 Å². The first-order valence-corrected chi connectivity index (χ1v) is 9.04. The minimum Gasteiger partial charge on any atom is -0.312 e. The van der Waals surface area contributed by atoms with Crippen LogP contribution in [0.5, 0.6) is 0 Å². The molecule has 2 unspecified atom stereocenters. The maximum absolute atomic E-state index is 4.52. The van der Waals surface area contributed by atoms with Gasteiger partial charge in [-0.2, -0.15) is 11.8 Å². The number of aromatic nitrogens is 1. The highest BCUT2D eigenvalue weighted by Crippen LogP contribution is 2.38. The van der Waals surface area contributed by atoms with Crippen LogP contribution in [-0.2, 0) is 12.2 Å². The van der Waals surface area contributed by atoms with E-state index >= 15 is 0 Å². The third-order valence-electron chi connectivity index (χ3n) is 3.92. The quantitative estimate of drug-likeness (QED) is 0.924. The Bertz CT molecular complexity index is 542. The monoisotopic (exact) mass is 304 g/mol. The Morgan fingerprint density at radius 1 is 1.35 bits per heavy atom. The van der Waals surface area contributed by atoms with Crippen molar-refractivity contribution in [3.05, 3.63) is 51.5 Å². The van der Waals surface area contributed by atoms with E-state index in [1.54, 1.807) is 10.4 Å². The number of hydrogen-bond donors (Lipinski definition) is 1. The van der Waals surface area contributed by atoms with Crippen molar-refractivity contribution in [2.45, 2.75) is 31.1 Å². The molecule has 2 aromatic rings. The molecule has 0 saturated heterocycles. The molecule has 3 heterocycles. The molecular weight excluding hydrogens is 284 g/mol. The van der Waals surface area contributed by atoms with Crippen LogP contribution < -0.4 is 5.32 Å². The Labute approximate surface area is 129 Å². The van der Waals surface area contributed by atoms with Gasteiger partial charge in [0.25, 0.3) is 0 Å². The summed E-state index contributed by atoms with van der Waals surface area (Å²) in [4.78, 5) is 7.56. The molecule has 0 aliphatic carbocycles. The zero-order chi connectivity index (χ0) is 13.9. The molecule has 0 amide bonds. The van der Waals surface area contributed by atoms with E-state index in [-0.39, 0.29) is 0 Å². The average Bonchev–Trinajstić information content (AvgIpc) is 2.92. The molecule has 0 aromatic carbocycles. The van der Waals surface area contributed by atoms with Crippen LogP contribution in [0.4, 0.5) is 0 Å². The van der Waals surface area contributed by atoms with Crippen LogP contribution in [-0.4, -0.2) is 17.8 Å². The molecule has 1 aliphatic heterocycles. The normalized spacial score (nSPS) is 17.5. The molecular formula is C16H20N2S2. The first-order valence-electron chi connectivity index (χ1n) is 7.07. The van der Waals surface area contributed by atoms with Crippen molar-refractivity contribution in [2.24, 2.45) is 0 Å². The Balaban J connectivity index is 1.88. The van der Waals surface area contributed by atoms with Gasteiger partial charge in [-0.15, -0.1) is 11.3 Å². The first kappa shape index (κ1) is 14.1. The van der Waals surface area contributed by atoms with Crippen LogP contribution in [0.1, 0.15) is 39.9 Å². The third-order valence-corrected chi connectivity index (χ3v) is 6.25. The van der Waals surface area contributed by atoms with Gasteiger partial charge in [0, 0.05) is 39.4 Å². The van der Waals surface area contributed by atoms with E-state index < -0.39 is 0 Å². The van der Waals surface area contributed by atoms with Crippen LogP contribution in [0.3, 0.4) is 0 Å². The summed E-state index contributed by atoms with van der Waals surface area (Å²) in [6, 6.07) is 8.93. The maximum atomic E-state index is 4.52. The largest absolute Gasteiger partial charge is 0.312 e. The fourth-order valence-electron chi connectivity index (χ4n) is 2.78. The van der Waals surface area contributed by atoms with Crippen LogP contribution in [0.25, 0.3) is 0 Å². The van der Waals surface area contributed by atoms with Crippen LogP contribution in [0.2, 0.25) is 0 Å². The van der Waals surface area contributed by atoms with E-state index in [9.17, 15) is 0 Å². The average molecular weight is 304 g/mol. The van der Waals surface area contributed by atoms with E-state index in [4.69, 9.17) is 0 Å². The molecule has 106 valence electrons. The molecule has 3 rings (SSSR count). The number of likely N-dealkylation sites (N-methyl/N-ethyl adjacent to an activating group) is 1. The van der Waals surface area contributed by atoms with Gasteiger partial charge in [0.1, 0.15) is 0 Å². The summed E-state index contributed by atoms with van der Waals surface area (Å²) < 4.78 is 0. The molecule has 1 N–H and O–H groups in total. The van der Waals surface area contributed by atoms with Crippen molar-refractivity contribution in [2.75, 3.05) is 12.8 Å². The van der Waals surface area contributed by atoms with Crippen molar-refractivity contribution in [1.29, 1.82) is 0 Å². The van der Waals surface area contributed by atoms with Crippen LogP contribution >= 0.6 is 23.1 Å². The van der Waals surface area contributed by atoms with Gasteiger partial charge in [-0.25, -0.2) is 0 Å². The van der Waals surface area contributed by atoms with Crippen molar-refractivity contribution < 1.29 is 0 Å². The van der Waals surface area contributed by atoms with E-state index in [0.29, 0.717) is 12.0 Å². The maximum Gasteiger partial charge on any atom is 0.0494 e. The summed E-state index contributed by atoms with van der Waals surface area (Å²) >= 11 is 4.04. The summed E-state index contributed by atoms with van der Waals surface area (Å²) in [5.74, 6) is 2.83. The Morgan fingerprint density at radius 3 is 2.95 bits per heavy atom. The van der Waals surface area contributed by atoms with Gasteiger partial charge in [0.05, 0.1) is 0 Å². The lowest BCUT2D eigenvalue weighted by Crippen LogP contribution is -2.21. The van der Waals surface area contributed by atoms with Crippen molar-refractivity contribution in [3.63, 3.8) is 0 Å². The molecule has 0 bridgehead atoms. The minimum absolute atomic E-state index is 0.352. The first-order chi connectivity index (χ1) is 9.79. The molecule has 0 saturated carbocycles. The molecule has 20 heavy (non-hydrogen) atoms. The van der Waals surface area contributed by atoms with Crippen LogP contribution in [0.15, 0.2) is 30.5 Å². The highest BCUT2D eigenvalue weighted by molar-refractivity contribution is 7.98. The van der Waals surface area contributed by atoms with E-state index in [1.165, 1.54) is 22.8 Å². The number of thiophene rings is 1. The standard InChI is InChI=1S/C16H20N2S2/c1-11(13-5-3-4-7-18-13)16(17-2)15-9-12-10-19-8-6-14(12)20-15/h3-5,7,9,11,16-17H,6,8,10H2,1-2H3. The van der Waals surface area contributed by atoms with E-state index in [2.05, 4.69) is 42.5 Å². The fourth-order valence-corrected chi connectivity index (χ4v) is 5.37. The lowest BCUT2D eigenvalue weighted by molar-refractivity contribution is 0.506. The number of thioether (sulfide) groups is 1. The van der Waals surface area contributed by atoms with E-state index in [0.717, 1.165) is 5.69 Å². The van der Waals surface area contributed by atoms with Gasteiger partial charge in [-0.1, -0.05) is 13.0 Å². The Morgan fingerprint density at radius 2 is 2.25 bits per heavy atom. The molecule has 0 spiro atoms. The molecule has 4 heteroatoms. The van der Waals surface area contributed by atoms with Crippen molar-refractivity contribution in [3.8, 4) is 0 Å². The fraction of sp³-hybridized carbons (Fsp3) is 0.438. The summed E-state index contributed by atoms with van der Waals surface area (Å²) in [5.41, 5.74) is 2.71. The Kier molecular flexibility index (Phi) is 4.44. The second-order valence-electron chi connectivity index (χ2n) is 5.21. The second kappa shape index (κ2) is 6.29. The highest BCUT2D eigenvalue weighted by Gasteiger charge is 2.24. The van der Waals surface area contributed by atoms with Gasteiger partial charge in [-0.05, 0) is 43.0 Å². The highest BCUT2D eigenvalue weighted by atomic mass is 32.2. The number of fused-ring (bicyclic) bond motifs is 1.